The van der Waals surface area contributed by atoms with E-state index in [9.17, 15) is 13.2 Å². The number of carbonyl (C=O) groups is 1. The summed E-state index contributed by atoms with van der Waals surface area (Å²) < 4.78 is 37.1. The maximum Gasteiger partial charge on any atom is 0.251 e. The Morgan fingerprint density at radius 2 is 1.88 bits per heavy atom. The molecule has 1 heterocycles. The maximum absolute atomic E-state index is 12.5. The van der Waals surface area contributed by atoms with E-state index in [1.165, 1.54) is 28.6 Å². The molecule has 0 unspecified atom stereocenters. The molecule has 1 aliphatic heterocycles. The second-order valence-electron chi connectivity index (χ2n) is 6.62. The summed E-state index contributed by atoms with van der Waals surface area (Å²) >= 11 is 0. The first kappa shape index (κ1) is 20.8. The van der Waals surface area contributed by atoms with Gasteiger partial charge in [0.05, 0.1) is 18.1 Å². The number of morpholine rings is 1. The first-order valence-electron chi connectivity index (χ1n) is 8.95. The van der Waals surface area contributed by atoms with E-state index in [1.54, 1.807) is 0 Å². The predicted octanol–water partition coefficient (Wildman–Crippen LogP) is 1.50. The molecule has 1 amide bonds. The van der Waals surface area contributed by atoms with Crippen molar-refractivity contribution in [3.05, 3.63) is 29.8 Å². The standard InChI is InChI=1S/C18H28N2O5S/c1-15(2)14-25-11-3-8-19-18(21)16-4-6-17(7-5-16)26(22,23)20-9-12-24-13-10-20/h4-7,15H,3,8-14H2,1-2H3,(H,19,21). The van der Waals surface area contributed by atoms with Crippen molar-refractivity contribution >= 4 is 15.9 Å². The minimum Gasteiger partial charge on any atom is -0.381 e. The number of hydrogen-bond acceptors (Lipinski definition) is 5. The second-order valence-corrected chi connectivity index (χ2v) is 8.56. The third-order valence-electron chi connectivity index (χ3n) is 3.93. The summed E-state index contributed by atoms with van der Waals surface area (Å²) in [6.45, 7) is 7.52. The third-order valence-corrected chi connectivity index (χ3v) is 5.84. The summed E-state index contributed by atoms with van der Waals surface area (Å²) in [5.74, 6) is 0.279. The highest BCUT2D eigenvalue weighted by Crippen LogP contribution is 2.17. The average molecular weight is 384 g/mol. The van der Waals surface area contributed by atoms with Gasteiger partial charge in [-0.05, 0) is 36.6 Å². The topological polar surface area (TPSA) is 84.9 Å². The number of hydrogen-bond donors (Lipinski definition) is 1. The van der Waals surface area contributed by atoms with Gasteiger partial charge in [-0.25, -0.2) is 8.42 Å². The summed E-state index contributed by atoms with van der Waals surface area (Å²) in [6.07, 6.45) is 0.738. The van der Waals surface area contributed by atoms with Crippen LogP contribution >= 0.6 is 0 Å². The summed E-state index contributed by atoms with van der Waals surface area (Å²) in [6, 6.07) is 6.03. The summed E-state index contributed by atoms with van der Waals surface area (Å²) in [5, 5.41) is 2.81. The van der Waals surface area contributed by atoms with Gasteiger partial charge in [0.2, 0.25) is 10.0 Å². The molecule has 146 valence electrons. The molecule has 0 radical (unpaired) electrons. The molecule has 0 bridgehead atoms. The highest BCUT2D eigenvalue weighted by atomic mass is 32.2. The van der Waals surface area contributed by atoms with Crippen LogP contribution in [0.2, 0.25) is 0 Å². The number of nitrogens with zero attached hydrogens (tertiary/aromatic N) is 1. The van der Waals surface area contributed by atoms with E-state index in [4.69, 9.17) is 9.47 Å². The van der Waals surface area contributed by atoms with Crippen molar-refractivity contribution in [2.45, 2.75) is 25.2 Å². The van der Waals surface area contributed by atoms with Gasteiger partial charge in [0, 0.05) is 38.4 Å². The fraction of sp³-hybridized carbons (Fsp3) is 0.611. The molecule has 1 N–H and O–H groups in total. The van der Waals surface area contributed by atoms with Crippen molar-refractivity contribution in [2.75, 3.05) is 46.1 Å². The summed E-state index contributed by atoms with van der Waals surface area (Å²) in [5.41, 5.74) is 0.439. The maximum atomic E-state index is 12.5. The van der Waals surface area contributed by atoms with Crippen molar-refractivity contribution in [2.24, 2.45) is 5.92 Å². The first-order valence-corrected chi connectivity index (χ1v) is 10.4. The summed E-state index contributed by atoms with van der Waals surface area (Å²) in [4.78, 5) is 12.3. The van der Waals surface area contributed by atoms with Crippen molar-refractivity contribution < 1.29 is 22.7 Å². The van der Waals surface area contributed by atoms with Gasteiger partial charge in [-0.15, -0.1) is 0 Å². The van der Waals surface area contributed by atoms with Crippen LogP contribution in [0, 0.1) is 5.92 Å². The zero-order chi connectivity index (χ0) is 19.0. The van der Waals surface area contributed by atoms with Gasteiger partial charge >= 0.3 is 0 Å². The van der Waals surface area contributed by atoms with Crippen LogP contribution in [-0.4, -0.2) is 64.7 Å². The van der Waals surface area contributed by atoms with Crippen molar-refractivity contribution in [3.8, 4) is 0 Å². The lowest BCUT2D eigenvalue weighted by atomic mass is 10.2. The van der Waals surface area contributed by atoms with Crippen LogP contribution in [-0.2, 0) is 19.5 Å². The smallest absolute Gasteiger partial charge is 0.251 e. The van der Waals surface area contributed by atoms with E-state index in [2.05, 4.69) is 19.2 Å². The Morgan fingerprint density at radius 1 is 1.23 bits per heavy atom. The van der Waals surface area contributed by atoms with E-state index in [-0.39, 0.29) is 10.8 Å². The van der Waals surface area contributed by atoms with Crippen molar-refractivity contribution in [3.63, 3.8) is 0 Å². The molecule has 0 spiro atoms. The molecule has 1 aliphatic rings. The molecular formula is C18H28N2O5S. The van der Waals surface area contributed by atoms with Gasteiger partial charge in [-0.2, -0.15) is 4.31 Å². The largest absolute Gasteiger partial charge is 0.381 e. The molecule has 26 heavy (non-hydrogen) atoms. The quantitative estimate of drug-likeness (QED) is 0.652. The van der Waals surface area contributed by atoms with Crippen LogP contribution in [0.1, 0.15) is 30.6 Å². The minimum atomic E-state index is -3.53. The zero-order valence-electron chi connectivity index (χ0n) is 15.4. The van der Waals surface area contributed by atoms with E-state index >= 15 is 0 Å². The summed E-state index contributed by atoms with van der Waals surface area (Å²) in [7, 11) is -3.53. The Bertz CT molecular complexity index is 667. The molecule has 1 aromatic rings. The number of carbonyl (C=O) groups excluding carboxylic acids is 1. The number of ether oxygens (including phenoxy) is 2. The third kappa shape index (κ3) is 6.05. The minimum absolute atomic E-state index is 0.193. The Morgan fingerprint density at radius 3 is 2.50 bits per heavy atom. The van der Waals surface area contributed by atoms with Crippen LogP contribution in [0.5, 0.6) is 0 Å². The lowest BCUT2D eigenvalue weighted by Gasteiger charge is -2.26. The average Bonchev–Trinajstić information content (AvgIpc) is 2.65. The number of nitrogens with one attached hydrogen (secondary N) is 1. The van der Waals surface area contributed by atoms with Crippen LogP contribution in [0.15, 0.2) is 29.2 Å². The fourth-order valence-corrected chi connectivity index (χ4v) is 3.92. The van der Waals surface area contributed by atoms with Gasteiger partial charge in [-0.3, -0.25) is 4.79 Å². The number of sulfonamides is 1. The van der Waals surface area contributed by atoms with Gasteiger partial charge < -0.3 is 14.8 Å². The lowest BCUT2D eigenvalue weighted by Crippen LogP contribution is -2.40. The normalized spacial score (nSPS) is 16.0. The highest BCUT2D eigenvalue weighted by Gasteiger charge is 2.26. The number of benzene rings is 1. The van der Waals surface area contributed by atoms with Crippen molar-refractivity contribution in [1.82, 2.24) is 9.62 Å². The molecule has 0 aliphatic carbocycles. The predicted molar refractivity (Wildman–Crippen MR) is 98.6 cm³/mol. The van der Waals surface area contributed by atoms with Gasteiger partial charge in [-0.1, -0.05) is 13.8 Å². The highest BCUT2D eigenvalue weighted by molar-refractivity contribution is 7.89. The molecule has 2 rings (SSSR count). The van der Waals surface area contributed by atoms with Crippen LogP contribution < -0.4 is 5.32 Å². The second kappa shape index (κ2) is 10.0. The molecule has 0 saturated carbocycles. The monoisotopic (exact) mass is 384 g/mol. The fourth-order valence-electron chi connectivity index (χ4n) is 2.51. The van der Waals surface area contributed by atoms with Crippen LogP contribution in [0.3, 0.4) is 0 Å². The molecule has 1 saturated heterocycles. The van der Waals surface area contributed by atoms with Crippen LogP contribution in [0.25, 0.3) is 0 Å². The van der Waals surface area contributed by atoms with Crippen molar-refractivity contribution in [1.29, 1.82) is 0 Å². The molecular weight excluding hydrogens is 356 g/mol. The lowest BCUT2D eigenvalue weighted by molar-refractivity contribution is 0.0730. The van der Waals surface area contributed by atoms with E-state index in [1.807, 2.05) is 0 Å². The van der Waals surface area contributed by atoms with E-state index in [0.717, 1.165) is 6.42 Å². The Hall–Kier alpha value is -1.48. The van der Waals surface area contributed by atoms with Crippen LogP contribution in [0.4, 0.5) is 0 Å². The van der Waals surface area contributed by atoms with E-state index < -0.39 is 10.0 Å². The Kier molecular flexibility index (Phi) is 8.02. The molecule has 7 nitrogen and oxygen atoms in total. The van der Waals surface area contributed by atoms with Gasteiger partial charge in [0.25, 0.3) is 5.91 Å². The van der Waals surface area contributed by atoms with Gasteiger partial charge in [0.15, 0.2) is 0 Å². The zero-order valence-corrected chi connectivity index (χ0v) is 16.3. The molecule has 0 aromatic heterocycles. The first-order chi connectivity index (χ1) is 12.4. The number of rotatable bonds is 9. The molecule has 1 fully saturated rings. The SMILES string of the molecule is CC(C)COCCCNC(=O)c1ccc(S(=O)(=O)N2CCOCC2)cc1. The Balaban J connectivity index is 1.83. The van der Waals surface area contributed by atoms with E-state index in [0.29, 0.717) is 57.5 Å². The number of amides is 1. The molecule has 8 heteroatoms. The Labute approximate surface area is 155 Å². The molecule has 0 atom stereocenters. The van der Waals surface area contributed by atoms with Gasteiger partial charge in [0.1, 0.15) is 0 Å². The molecule has 1 aromatic carbocycles.